The van der Waals surface area contributed by atoms with E-state index in [0.29, 0.717) is 11.3 Å². The van der Waals surface area contributed by atoms with Crippen LogP contribution < -0.4 is 4.74 Å². The van der Waals surface area contributed by atoms with Gasteiger partial charge in [0.2, 0.25) is 5.76 Å². The summed E-state index contributed by atoms with van der Waals surface area (Å²) in [5, 5.41) is 10.8. The smallest absolute Gasteiger partial charge is 0.373 e. The second-order valence-electron chi connectivity index (χ2n) is 4.77. The molecule has 23 heavy (non-hydrogen) atoms. The zero-order valence-electron chi connectivity index (χ0n) is 12.7. The Hall–Kier alpha value is -3.15. The summed E-state index contributed by atoms with van der Waals surface area (Å²) in [6.45, 7) is 1.93. The van der Waals surface area contributed by atoms with Crippen molar-refractivity contribution in [2.75, 3.05) is 7.11 Å². The van der Waals surface area contributed by atoms with E-state index in [1.165, 1.54) is 31.4 Å². The molecule has 0 aliphatic rings. The standard InChI is InChI=1S/C17H15NO5/c1-12-6-8-15(9-7-12)23-16(17(19)22-2)11-13-4-3-5-14(10-13)18(20)21/h3-11H,1-2H3/b16-11-. The lowest BCUT2D eigenvalue weighted by Crippen LogP contribution is -2.10. The van der Waals surface area contributed by atoms with Gasteiger partial charge >= 0.3 is 5.97 Å². The molecule has 118 valence electrons. The first-order valence-electron chi connectivity index (χ1n) is 6.78. The van der Waals surface area contributed by atoms with Crippen LogP contribution in [0.5, 0.6) is 5.75 Å². The minimum atomic E-state index is -0.669. The maximum atomic E-state index is 11.9. The third-order valence-electron chi connectivity index (χ3n) is 3.01. The first-order chi connectivity index (χ1) is 11.0. The maximum Gasteiger partial charge on any atom is 0.373 e. The molecule has 0 spiro atoms. The van der Waals surface area contributed by atoms with Crippen LogP contribution in [0.3, 0.4) is 0 Å². The van der Waals surface area contributed by atoms with Gasteiger partial charge < -0.3 is 9.47 Å². The summed E-state index contributed by atoms with van der Waals surface area (Å²) in [5.74, 6) is -0.258. The Labute approximate surface area is 133 Å². The molecule has 0 saturated carbocycles. The van der Waals surface area contributed by atoms with Gasteiger partial charge in [0, 0.05) is 12.1 Å². The average Bonchev–Trinajstić information content (AvgIpc) is 2.55. The number of rotatable bonds is 5. The van der Waals surface area contributed by atoms with Gasteiger partial charge in [-0.05, 0) is 30.7 Å². The van der Waals surface area contributed by atoms with Gasteiger partial charge in [-0.1, -0.05) is 29.8 Å². The number of nitrogens with zero attached hydrogens (tertiary/aromatic N) is 1. The lowest BCUT2D eigenvalue weighted by Gasteiger charge is -2.08. The molecule has 0 fully saturated rings. The van der Waals surface area contributed by atoms with Crippen LogP contribution in [0.15, 0.2) is 54.3 Å². The van der Waals surface area contributed by atoms with Crippen LogP contribution in [0.2, 0.25) is 0 Å². The summed E-state index contributed by atoms with van der Waals surface area (Å²) < 4.78 is 10.2. The number of methoxy groups -OCH3 is 1. The number of esters is 1. The van der Waals surface area contributed by atoms with E-state index in [-0.39, 0.29) is 11.4 Å². The third kappa shape index (κ3) is 4.41. The van der Waals surface area contributed by atoms with Crippen molar-refractivity contribution in [2.24, 2.45) is 0 Å². The normalized spacial score (nSPS) is 11.0. The monoisotopic (exact) mass is 313 g/mol. The van der Waals surface area contributed by atoms with E-state index < -0.39 is 10.9 Å². The Balaban J connectivity index is 2.34. The number of benzene rings is 2. The van der Waals surface area contributed by atoms with Gasteiger partial charge in [-0.15, -0.1) is 0 Å². The third-order valence-corrected chi connectivity index (χ3v) is 3.01. The van der Waals surface area contributed by atoms with Gasteiger partial charge in [0.25, 0.3) is 5.69 Å². The number of hydrogen-bond donors (Lipinski definition) is 0. The van der Waals surface area contributed by atoms with Crippen molar-refractivity contribution < 1.29 is 19.2 Å². The number of hydrogen-bond acceptors (Lipinski definition) is 5. The van der Waals surface area contributed by atoms with Gasteiger partial charge in [-0.25, -0.2) is 4.79 Å². The van der Waals surface area contributed by atoms with Crippen molar-refractivity contribution in [2.45, 2.75) is 6.92 Å². The molecule has 6 nitrogen and oxygen atoms in total. The number of aryl methyl sites for hydroxylation is 1. The second-order valence-corrected chi connectivity index (χ2v) is 4.77. The number of carbonyl (C=O) groups is 1. The van der Waals surface area contributed by atoms with Crippen LogP contribution in [0.25, 0.3) is 6.08 Å². The van der Waals surface area contributed by atoms with Gasteiger partial charge in [-0.2, -0.15) is 0 Å². The van der Waals surface area contributed by atoms with Crippen LogP contribution in [0, 0.1) is 17.0 Å². The van der Waals surface area contributed by atoms with E-state index in [2.05, 4.69) is 0 Å². The molecular formula is C17H15NO5. The molecule has 0 heterocycles. The van der Waals surface area contributed by atoms with Gasteiger partial charge in [0.05, 0.1) is 12.0 Å². The lowest BCUT2D eigenvalue weighted by atomic mass is 10.2. The van der Waals surface area contributed by atoms with E-state index in [1.807, 2.05) is 19.1 Å². The van der Waals surface area contributed by atoms with E-state index in [0.717, 1.165) is 5.56 Å². The number of non-ortho nitro benzene ring substituents is 1. The molecule has 2 aromatic rings. The number of nitro benzene ring substituents is 1. The van der Waals surface area contributed by atoms with Crippen LogP contribution in [0.1, 0.15) is 11.1 Å². The number of carbonyl (C=O) groups excluding carboxylic acids is 1. The fourth-order valence-electron chi connectivity index (χ4n) is 1.84. The second kappa shape index (κ2) is 7.22. The molecule has 2 rings (SSSR count). The summed E-state index contributed by atoms with van der Waals surface area (Å²) in [4.78, 5) is 22.2. The molecule has 0 amide bonds. The highest BCUT2D eigenvalue weighted by atomic mass is 16.6. The predicted molar refractivity (Wildman–Crippen MR) is 84.9 cm³/mol. The largest absolute Gasteiger partial charge is 0.463 e. The summed E-state index contributed by atoms with van der Waals surface area (Å²) in [6, 6.07) is 13.0. The molecule has 0 unspecified atom stereocenters. The Morgan fingerprint density at radius 2 is 1.87 bits per heavy atom. The Bertz CT molecular complexity index is 750. The van der Waals surface area contributed by atoms with Crippen molar-refractivity contribution in [3.05, 3.63) is 75.5 Å². The van der Waals surface area contributed by atoms with Crippen molar-refractivity contribution in [3.63, 3.8) is 0 Å². The zero-order valence-corrected chi connectivity index (χ0v) is 12.7. The highest BCUT2D eigenvalue weighted by Gasteiger charge is 2.14. The molecule has 0 radical (unpaired) electrons. The highest BCUT2D eigenvalue weighted by molar-refractivity contribution is 5.92. The van der Waals surface area contributed by atoms with Gasteiger partial charge in [0.1, 0.15) is 5.75 Å². The molecule has 2 aromatic carbocycles. The van der Waals surface area contributed by atoms with E-state index in [9.17, 15) is 14.9 Å². The van der Waals surface area contributed by atoms with E-state index >= 15 is 0 Å². The topological polar surface area (TPSA) is 78.7 Å². The van der Waals surface area contributed by atoms with E-state index in [1.54, 1.807) is 18.2 Å². The van der Waals surface area contributed by atoms with Crippen molar-refractivity contribution >= 4 is 17.7 Å². The molecule has 6 heteroatoms. The fourth-order valence-corrected chi connectivity index (χ4v) is 1.84. The quantitative estimate of drug-likeness (QED) is 0.277. The molecular weight excluding hydrogens is 298 g/mol. The number of ether oxygens (including phenoxy) is 2. The van der Waals surface area contributed by atoms with Crippen molar-refractivity contribution in [1.29, 1.82) is 0 Å². The fraction of sp³-hybridized carbons (Fsp3) is 0.118. The van der Waals surface area contributed by atoms with Crippen LogP contribution in [-0.4, -0.2) is 18.0 Å². The SMILES string of the molecule is COC(=O)/C(=C/c1cccc([N+](=O)[O-])c1)Oc1ccc(C)cc1. The van der Waals surface area contributed by atoms with Gasteiger partial charge in [-0.3, -0.25) is 10.1 Å². The summed E-state index contributed by atoms with van der Waals surface area (Å²) in [6.07, 6.45) is 1.40. The highest BCUT2D eigenvalue weighted by Crippen LogP contribution is 2.20. The molecule has 0 bridgehead atoms. The van der Waals surface area contributed by atoms with Crippen LogP contribution >= 0.6 is 0 Å². The minimum Gasteiger partial charge on any atom is -0.463 e. The molecule has 0 atom stereocenters. The lowest BCUT2D eigenvalue weighted by molar-refractivity contribution is -0.384. The summed E-state index contributed by atoms with van der Waals surface area (Å²) in [5.41, 5.74) is 1.45. The van der Waals surface area contributed by atoms with Crippen molar-refractivity contribution in [1.82, 2.24) is 0 Å². The Morgan fingerprint density at radius 3 is 2.48 bits per heavy atom. The van der Waals surface area contributed by atoms with Crippen LogP contribution in [0.4, 0.5) is 5.69 Å². The Morgan fingerprint density at radius 1 is 1.17 bits per heavy atom. The molecule has 0 aliphatic heterocycles. The number of nitro groups is 1. The van der Waals surface area contributed by atoms with Crippen LogP contribution in [-0.2, 0) is 9.53 Å². The van der Waals surface area contributed by atoms with E-state index in [4.69, 9.17) is 9.47 Å². The average molecular weight is 313 g/mol. The minimum absolute atomic E-state index is 0.0585. The molecule has 0 aromatic heterocycles. The maximum absolute atomic E-state index is 11.9. The van der Waals surface area contributed by atoms with Gasteiger partial charge in [0.15, 0.2) is 0 Å². The summed E-state index contributed by atoms with van der Waals surface area (Å²) >= 11 is 0. The first-order valence-corrected chi connectivity index (χ1v) is 6.78. The van der Waals surface area contributed by atoms with Crippen molar-refractivity contribution in [3.8, 4) is 5.75 Å². The molecule has 0 aliphatic carbocycles. The molecule has 0 N–H and O–H groups in total. The Kier molecular flexibility index (Phi) is 5.09. The zero-order chi connectivity index (χ0) is 16.8. The first kappa shape index (κ1) is 16.2. The molecule has 0 saturated heterocycles. The summed E-state index contributed by atoms with van der Waals surface area (Å²) in [7, 11) is 1.24. The predicted octanol–water partition coefficient (Wildman–Crippen LogP) is 3.50.